The van der Waals surface area contributed by atoms with Gasteiger partial charge >= 0.3 is 0 Å². The van der Waals surface area contributed by atoms with Gasteiger partial charge < -0.3 is 5.73 Å². The highest BCUT2D eigenvalue weighted by Gasteiger charge is 2.21. The molecule has 0 heterocycles. The van der Waals surface area contributed by atoms with Crippen molar-refractivity contribution >= 4 is 22.6 Å². The van der Waals surface area contributed by atoms with E-state index < -0.39 is 0 Å². The fourth-order valence-corrected chi connectivity index (χ4v) is 2.91. The monoisotopic (exact) mass is 344 g/mol. The summed E-state index contributed by atoms with van der Waals surface area (Å²) in [4.78, 5) is 2.48. The summed E-state index contributed by atoms with van der Waals surface area (Å²) in [7, 11) is 2.24. The van der Waals surface area contributed by atoms with Crippen LogP contribution in [0.4, 0.5) is 0 Å². The third-order valence-electron chi connectivity index (χ3n) is 3.71. The summed E-state index contributed by atoms with van der Waals surface area (Å²) in [6.45, 7) is 1.05. The van der Waals surface area contributed by atoms with Crippen LogP contribution >= 0.6 is 22.6 Å². The highest BCUT2D eigenvalue weighted by Crippen LogP contribution is 2.22. The first-order valence-electron chi connectivity index (χ1n) is 6.35. The van der Waals surface area contributed by atoms with E-state index in [2.05, 4.69) is 58.8 Å². The Morgan fingerprint density at radius 1 is 1.18 bits per heavy atom. The third kappa shape index (κ3) is 3.93. The second-order valence-corrected chi connectivity index (χ2v) is 6.36. The molecule has 0 unspecified atom stereocenters. The van der Waals surface area contributed by atoms with Crippen LogP contribution in [-0.2, 0) is 6.54 Å². The Morgan fingerprint density at radius 2 is 1.76 bits per heavy atom. The molecule has 1 aromatic carbocycles. The van der Waals surface area contributed by atoms with Crippen LogP contribution in [0.2, 0.25) is 0 Å². The molecule has 94 valence electrons. The summed E-state index contributed by atoms with van der Waals surface area (Å²) >= 11 is 2.35. The minimum Gasteiger partial charge on any atom is -0.328 e. The number of halogens is 1. The predicted octanol–water partition coefficient (Wildman–Crippen LogP) is 2.99. The molecule has 3 heteroatoms. The molecule has 2 rings (SSSR count). The maximum atomic E-state index is 5.95. The second kappa shape index (κ2) is 6.16. The molecule has 2 nitrogen and oxygen atoms in total. The van der Waals surface area contributed by atoms with Gasteiger partial charge in [-0.2, -0.15) is 0 Å². The standard InChI is InChI=1S/C14H21IN2/c1-17(14-8-6-13(16)7-9-14)10-11-2-4-12(15)5-3-11/h2-5,13-14H,6-10,16H2,1H3. The van der Waals surface area contributed by atoms with Crippen molar-refractivity contribution in [3.63, 3.8) is 0 Å². The van der Waals surface area contributed by atoms with Crippen molar-refractivity contribution in [2.45, 2.75) is 44.3 Å². The summed E-state index contributed by atoms with van der Waals surface area (Å²) in [5.41, 5.74) is 7.35. The quantitative estimate of drug-likeness (QED) is 0.855. The predicted molar refractivity (Wildman–Crippen MR) is 80.9 cm³/mol. The Morgan fingerprint density at radius 3 is 2.35 bits per heavy atom. The molecular weight excluding hydrogens is 323 g/mol. The summed E-state index contributed by atoms with van der Waals surface area (Å²) < 4.78 is 1.30. The molecule has 2 N–H and O–H groups in total. The van der Waals surface area contributed by atoms with E-state index in [0.29, 0.717) is 12.1 Å². The molecule has 0 aromatic heterocycles. The average Bonchev–Trinajstić information content (AvgIpc) is 2.33. The highest BCUT2D eigenvalue weighted by molar-refractivity contribution is 14.1. The second-order valence-electron chi connectivity index (χ2n) is 5.11. The number of nitrogens with zero attached hydrogens (tertiary/aromatic N) is 1. The first kappa shape index (κ1) is 13.3. The largest absolute Gasteiger partial charge is 0.328 e. The van der Waals surface area contributed by atoms with E-state index in [0.717, 1.165) is 6.54 Å². The van der Waals surface area contributed by atoms with Crippen molar-refractivity contribution in [3.05, 3.63) is 33.4 Å². The third-order valence-corrected chi connectivity index (χ3v) is 4.43. The minimum atomic E-state index is 0.443. The number of benzene rings is 1. The zero-order valence-electron chi connectivity index (χ0n) is 10.4. The molecule has 1 saturated carbocycles. The zero-order chi connectivity index (χ0) is 12.3. The van der Waals surface area contributed by atoms with E-state index in [9.17, 15) is 0 Å². The summed E-state index contributed by atoms with van der Waals surface area (Å²) in [5, 5.41) is 0. The van der Waals surface area contributed by atoms with Gasteiger partial charge in [-0.15, -0.1) is 0 Å². The normalized spacial score (nSPS) is 25.2. The van der Waals surface area contributed by atoms with Crippen molar-refractivity contribution in [1.82, 2.24) is 4.90 Å². The van der Waals surface area contributed by atoms with E-state index >= 15 is 0 Å². The Kier molecular flexibility index (Phi) is 4.82. The first-order chi connectivity index (χ1) is 8.15. The van der Waals surface area contributed by atoms with E-state index in [1.54, 1.807) is 0 Å². The Labute approximate surface area is 118 Å². The number of nitrogens with two attached hydrogens (primary N) is 1. The van der Waals surface area contributed by atoms with E-state index in [-0.39, 0.29) is 0 Å². The lowest BCUT2D eigenvalue weighted by Crippen LogP contribution is -2.38. The van der Waals surface area contributed by atoms with Gasteiger partial charge in [0.05, 0.1) is 0 Å². The topological polar surface area (TPSA) is 29.3 Å². The molecule has 1 aliphatic rings. The zero-order valence-corrected chi connectivity index (χ0v) is 12.6. The molecule has 0 spiro atoms. The van der Waals surface area contributed by atoms with Gasteiger partial charge in [0.2, 0.25) is 0 Å². The molecule has 1 aromatic rings. The molecule has 1 fully saturated rings. The van der Waals surface area contributed by atoms with Gasteiger partial charge in [-0.25, -0.2) is 0 Å². The van der Waals surface area contributed by atoms with Crippen molar-refractivity contribution in [2.75, 3.05) is 7.05 Å². The van der Waals surface area contributed by atoms with Gasteiger partial charge in [-0.3, -0.25) is 4.90 Å². The van der Waals surface area contributed by atoms with Crippen LogP contribution in [0.5, 0.6) is 0 Å². The minimum absolute atomic E-state index is 0.443. The van der Waals surface area contributed by atoms with Gasteiger partial charge in [0, 0.05) is 22.2 Å². The molecule has 0 radical (unpaired) electrons. The Bertz CT molecular complexity index is 342. The summed E-state index contributed by atoms with van der Waals surface area (Å²) in [6, 6.07) is 9.98. The van der Waals surface area contributed by atoms with Gasteiger partial charge in [0.1, 0.15) is 0 Å². The van der Waals surface area contributed by atoms with Crippen LogP contribution in [-0.4, -0.2) is 24.0 Å². The van der Waals surface area contributed by atoms with Crippen LogP contribution in [0.25, 0.3) is 0 Å². The lowest BCUT2D eigenvalue weighted by Gasteiger charge is -2.33. The fraction of sp³-hybridized carbons (Fsp3) is 0.571. The highest BCUT2D eigenvalue weighted by atomic mass is 127. The molecular formula is C14H21IN2. The fourth-order valence-electron chi connectivity index (χ4n) is 2.55. The van der Waals surface area contributed by atoms with Gasteiger partial charge in [0.25, 0.3) is 0 Å². The Balaban J connectivity index is 1.88. The number of rotatable bonds is 3. The maximum Gasteiger partial charge on any atom is 0.0233 e. The molecule has 0 aliphatic heterocycles. The molecule has 0 bridgehead atoms. The van der Waals surface area contributed by atoms with Gasteiger partial charge in [-0.1, -0.05) is 12.1 Å². The van der Waals surface area contributed by atoms with Crippen molar-refractivity contribution in [3.8, 4) is 0 Å². The lowest BCUT2D eigenvalue weighted by atomic mass is 9.91. The van der Waals surface area contributed by atoms with E-state index in [1.165, 1.54) is 34.8 Å². The molecule has 17 heavy (non-hydrogen) atoms. The Hall–Kier alpha value is -0.130. The van der Waals surface area contributed by atoms with Crippen molar-refractivity contribution in [2.24, 2.45) is 5.73 Å². The molecule has 1 aliphatic carbocycles. The smallest absolute Gasteiger partial charge is 0.0233 e. The number of hydrogen-bond acceptors (Lipinski definition) is 2. The van der Waals surface area contributed by atoms with E-state index in [1.807, 2.05) is 0 Å². The van der Waals surface area contributed by atoms with Crippen LogP contribution in [0.15, 0.2) is 24.3 Å². The average molecular weight is 344 g/mol. The first-order valence-corrected chi connectivity index (χ1v) is 7.43. The van der Waals surface area contributed by atoms with Crippen LogP contribution in [0, 0.1) is 3.57 Å². The number of hydrogen-bond donors (Lipinski definition) is 1. The molecule has 0 atom stereocenters. The summed E-state index contributed by atoms with van der Waals surface area (Å²) in [5.74, 6) is 0. The van der Waals surface area contributed by atoms with Crippen LogP contribution in [0.1, 0.15) is 31.2 Å². The van der Waals surface area contributed by atoms with Gasteiger partial charge in [0.15, 0.2) is 0 Å². The summed E-state index contributed by atoms with van der Waals surface area (Å²) in [6.07, 6.45) is 4.87. The molecule has 0 amide bonds. The molecule has 0 saturated heterocycles. The SMILES string of the molecule is CN(Cc1ccc(I)cc1)C1CCC(N)CC1. The lowest BCUT2D eigenvalue weighted by molar-refractivity contribution is 0.176. The maximum absolute atomic E-state index is 5.95. The van der Waals surface area contributed by atoms with Crippen molar-refractivity contribution < 1.29 is 0 Å². The van der Waals surface area contributed by atoms with Crippen LogP contribution in [0.3, 0.4) is 0 Å². The van der Waals surface area contributed by atoms with Gasteiger partial charge in [-0.05, 0) is 73.0 Å². The van der Waals surface area contributed by atoms with Crippen LogP contribution < -0.4 is 5.73 Å². The van der Waals surface area contributed by atoms with E-state index in [4.69, 9.17) is 5.73 Å². The van der Waals surface area contributed by atoms with Crippen molar-refractivity contribution in [1.29, 1.82) is 0 Å².